The van der Waals surface area contributed by atoms with Crippen molar-refractivity contribution in [3.8, 4) is 11.5 Å². The molecule has 7 heteroatoms. The second-order valence-electron chi connectivity index (χ2n) is 6.88. The van der Waals surface area contributed by atoms with Crippen molar-refractivity contribution in [1.29, 1.82) is 0 Å². The fourth-order valence-electron chi connectivity index (χ4n) is 3.71. The molecule has 1 unspecified atom stereocenters. The van der Waals surface area contributed by atoms with Gasteiger partial charge in [0, 0.05) is 24.7 Å². The molecule has 0 bridgehead atoms. The van der Waals surface area contributed by atoms with Gasteiger partial charge in [0.05, 0.1) is 12.0 Å². The highest BCUT2D eigenvalue weighted by molar-refractivity contribution is 5.92. The summed E-state index contributed by atoms with van der Waals surface area (Å²) in [5, 5.41) is 2.80. The number of amides is 1. The Morgan fingerprint density at radius 1 is 1.25 bits per heavy atom. The third-order valence-corrected chi connectivity index (χ3v) is 5.06. The van der Waals surface area contributed by atoms with Crippen molar-refractivity contribution in [2.75, 3.05) is 38.2 Å². The molecule has 1 aromatic carbocycles. The topological polar surface area (TPSA) is 50.8 Å². The molecule has 2 fully saturated rings. The number of likely N-dealkylation sites (tertiary alicyclic amines) is 1. The lowest BCUT2D eigenvalue weighted by atomic mass is 9.94. The number of piperidine rings is 1. The van der Waals surface area contributed by atoms with Crippen LogP contribution in [0.15, 0.2) is 18.2 Å². The highest BCUT2D eigenvalue weighted by Crippen LogP contribution is 2.64. The Labute approximate surface area is 138 Å². The predicted octanol–water partition coefficient (Wildman–Crippen LogP) is 2.52. The molecule has 1 aromatic rings. The van der Waals surface area contributed by atoms with Crippen LogP contribution in [0.4, 0.5) is 14.5 Å². The summed E-state index contributed by atoms with van der Waals surface area (Å²) in [6, 6.07) is 5.22. The van der Waals surface area contributed by atoms with Crippen LogP contribution in [0.2, 0.25) is 0 Å². The molecule has 2 heterocycles. The van der Waals surface area contributed by atoms with E-state index in [1.165, 1.54) is 0 Å². The van der Waals surface area contributed by atoms with Crippen molar-refractivity contribution < 1.29 is 23.0 Å². The van der Waals surface area contributed by atoms with E-state index in [2.05, 4.69) is 5.32 Å². The van der Waals surface area contributed by atoms with E-state index in [1.807, 2.05) is 4.90 Å². The first-order valence-corrected chi connectivity index (χ1v) is 8.27. The Morgan fingerprint density at radius 3 is 2.75 bits per heavy atom. The van der Waals surface area contributed by atoms with Crippen LogP contribution in [-0.2, 0) is 4.79 Å². The first kappa shape index (κ1) is 15.6. The van der Waals surface area contributed by atoms with E-state index < -0.39 is 11.3 Å². The molecule has 24 heavy (non-hydrogen) atoms. The smallest absolute Gasteiger partial charge is 0.255 e. The number of benzene rings is 1. The van der Waals surface area contributed by atoms with Crippen molar-refractivity contribution in [2.24, 2.45) is 5.41 Å². The molecule has 130 valence electrons. The zero-order chi connectivity index (χ0) is 16.8. The number of fused-ring (bicyclic) bond motifs is 1. The van der Waals surface area contributed by atoms with Crippen LogP contribution in [0.25, 0.3) is 0 Å². The number of nitrogens with zero attached hydrogens (tertiary/aromatic N) is 1. The third kappa shape index (κ3) is 2.81. The second kappa shape index (κ2) is 5.58. The molecule has 1 spiro atoms. The fraction of sp³-hybridized carbons (Fsp3) is 0.588. The quantitative estimate of drug-likeness (QED) is 0.920. The van der Waals surface area contributed by atoms with Crippen LogP contribution in [0.5, 0.6) is 11.5 Å². The van der Waals surface area contributed by atoms with Crippen molar-refractivity contribution >= 4 is 11.6 Å². The third-order valence-electron chi connectivity index (χ3n) is 5.06. The number of carbonyl (C=O) groups excluding carboxylic acids is 1. The van der Waals surface area contributed by atoms with Crippen LogP contribution in [-0.4, -0.2) is 49.6 Å². The SMILES string of the molecule is O=C(CN1CCCC2(C1)CC2(F)F)Nc1ccc2c(c1)OCCO2. The fourth-order valence-corrected chi connectivity index (χ4v) is 3.71. The van der Waals surface area contributed by atoms with Gasteiger partial charge in [0.15, 0.2) is 11.5 Å². The van der Waals surface area contributed by atoms with Crippen LogP contribution < -0.4 is 14.8 Å². The lowest BCUT2D eigenvalue weighted by Gasteiger charge is -2.32. The van der Waals surface area contributed by atoms with Gasteiger partial charge < -0.3 is 14.8 Å². The lowest BCUT2D eigenvalue weighted by Crippen LogP contribution is -2.43. The molecular weight excluding hydrogens is 318 g/mol. The summed E-state index contributed by atoms with van der Waals surface area (Å²) >= 11 is 0. The lowest BCUT2D eigenvalue weighted by molar-refractivity contribution is -0.118. The number of carbonyl (C=O) groups is 1. The monoisotopic (exact) mass is 338 g/mol. The van der Waals surface area contributed by atoms with Crippen molar-refractivity contribution in [1.82, 2.24) is 4.90 Å². The van der Waals surface area contributed by atoms with Crippen LogP contribution in [0.3, 0.4) is 0 Å². The highest BCUT2D eigenvalue weighted by Gasteiger charge is 2.71. The molecule has 0 aromatic heterocycles. The molecule has 1 amide bonds. The second-order valence-corrected chi connectivity index (χ2v) is 6.88. The first-order chi connectivity index (χ1) is 11.5. The highest BCUT2D eigenvalue weighted by atomic mass is 19.3. The van der Waals surface area contributed by atoms with E-state index in [9.17, 15) is 13.6 Å². The molecule has 1 saturated carbocycles. The summed E-state index contributed by atoms with van der Waals surface area (Å²) in [5.41, 5.74) is -0.268. The number of halogens is 2. The van der Waals surface area contributed by atoms with E-state index >= 15 is 0 Å². The standard InChI is InChI=1S/C17H20F2N2O3/c18-17(19)10-16(17)4-1-5-21(11-16)9-15(22)20-12-2-3-13-14(8-12)24-7-6-23-13/h2-3,8H,1,4-7,9-11H2,(H,20,22). The maximum absolute atomic E-state index is 13.5. The maximum atomic E-state index is 13.5. The molecular formula is C17H20F2N2O3. The van der Waals surface area contributed by atoms with Gasteiger partial charge in [0.25, 0.3) is 5.92 Å². The molecule has 4 rings (SSSR count). The van der Waals surface area contributed by atoms with Gasteiger partial charge >= 0.3 is 0 Å². The normalized spacial score (nSPS) is 27.8. The average molecular weight is 338 g/mol. The van der Waals surface area contributed by atoms with Gasteiger partial charge in [-0.15, -0.1) is 0 Å². The largest absolute Gasteiger partial charge is 0.486 e. The summed E-state index contributed by atoms with van der Waals surface area (Å²) in [6.07, 6.45) is 1.23. The Hall–Kier alpha value is -1.89. The number of anilines is 1. The van der Waals surface area contributed by atoms with Crippen LogP contribution >= 0.6 is 0 Å². The van der Waals surface area contributed by atoms with Crippen LogP contribution in [0.1, 0.15) is 19.3 Å². The van der Waals surface area contributed by atoms with E-state index in [4.69, 9.17) is 9.47 Å². The van der Waals surface area contributed by atoms with E-state index in [0.717, 1.165) is 0 Å². The summed E-state index contributed by atoms with van der Waals surface area (Å²) in [5.74, 6) is -1.49. The van der Waals surface area contributed by atoms with E-state index in [1.54, 1.807) is 18.2 Å². The van der Waals surface area contributed by atoms with Gasteiger partial charge in [-0.05, 0) is 31.5 Å². The molecule has 1 saturated heterocycles. The number of nitrogens with one attached hydrogen (secondary N) is 1. The molecule has 1 atom stereocenters. The first-order valence-electron chi connectivity index (χ1n) is 8.27. The Kier molecular flexibility index (Phi) is 3.63. The Morgan fingerprint density at radius 2 is 2.00 bits per heavy atom. The van der Waals surface area contributed by atoms with Crippen LogP contribution in [0, 0.1) is 5.41 Å². The number of alkyl halides is 2. The molecule has 1 N–H and O–H groups in total. The summed E-state index contributed by atoms with van der Waals surface area (Å²) in [6.45, 7) is 2.11. The van der Waals surface area contributed by atoms with Gasteiger partial charge in [-0.25, -0.2) is 8.78 Å². The average Bonchev–Trinajstić information content (AvgIpc) is 3.06. The number of rotatable bonds is 3. The van der Waals surface area contributed by atoms with Gasteiger partial charge in [-0.2, -0.15) is 0 Å². The Balaban J connectivity index is 1.35. The molecule has 3 aliphatic rings. The number of hydrogen-bond acceptors (Lipinski definition) is 4. The zero-order valence-electron chi connectivity index (χ0n) is 13.3. The Bertz CT molecular complexity index is 667. The molecule has 2 aliphatic heterocycles. The van der Waals surface area contributed by atoms with Gasteiger partial charge in [-0.1, -0.05) is 0 Å². The van der Waals surface area contributed by atoms with Gasteiger partial charge in [-0.3, -0.25) is 9.69 Å². The van der Waals surface area contributed by atoms with E-state index in [-0.39, 0.29) is 18.9 Å². The number of ether oxygens (including phenoxy) is 2. The van der Waals surface area contributed by atoms with Crippen molar-refractivity contribution in [2.45, 2.75) is 25.2 Å². The van der Waals surface area contributed by atoms with Crippen molar-refractivity contribution in [3.63, 3.8) is 0 Å². The molecule has 1 aliphatic carbocycles. The van der Waals surface area contributed by atoms with E-state index in [0.29, 0.717) is 56.3 Å². The van der Waals surface area contributed by atoms with Crippen molar-refractivity contribution in [3.05, 3.63) is 18.2 Å². The summed E-state index contributed by atoms with van der Waals surface area (Å²) in [7, 11) is 0. The maximum Gasteiger partial charge on any atom is 0.255 e. The minimum absolute atomic E-state index is 0.0414. The summed E-state index contributed by atoms with van der Waals surface area (Å²) < 4.78 is 38.0. The number of hydrogen-bond donors (Lipinski definition) is 1. The minimum atomic E-state index is -2.56. The zero-order valence-corrected chi connectivity index (χ0v) is 13.3. The molecule has 0 radical (unpaired) electrons. The summed E-state index contributed by atoms with van der Waals surface area (Å²) in [4.78, 5) is 14.1. The van der Waals surface area contributed by atoms with Gasteiger partial charge in [0.2, 0.25) is 5.91 Å². The molecule has 5 nitrogen and oxygen atoms in total. The predicted molar refractivity (Wildman–Crippen MR) is 83.7 cm³/mol. The van der Waals surface area contributed by atoms with Gasteiger partial charge in [0.1, 0.15) is 13.2 Å². The minimum Gasteiger partial charge on any atom is -0.486 e.